The average molecular weight is 313 g/mol. The second-order valence-corrected chi connectivity index (χ2v) is 5.37. The lowest BCUT2D eigenvalue weighted by Crippen LogP contribution is -2.00. The summed E-state index contributed by atoms with van der Waals surface area (Å²) in [4.78, 5) is 8.28. The van der Waals surface area contributed by atoms with Gasteiger partial charge in [0.05, 0.1) is 0 Å². The van der Waals surface area contributed by atoms with Crippen LogP contribution >= 0.6 is 23.4 Å². The molecule has 3 rings (SSSR count). The summed E-state index contributed by atoms with van der Waals surface area (Å²) in [6, 6.07) is 3.40. The minimum Gasteiger partial charge on any atom is -0.207 e. The van der Waals surface area contributed by atoms with Gasteiger partial charge in [-0.3, -0.25) is 0 Å². The third-order valence-corrected chi connectivity index (χ3v) is 4.24. The van der Waals surface area contributed by atoms with E-state index in [0.29, 0.717) is 16.4 Å². The number of benzene rings is 1. The van der Waals surface area contributed by atoms with Gasteiger partial charge in [-0.2, -0.15) is 19.6 Å². The number of fused-ring (bicyclic) bond motifs is 1. The Hall–Kier alpha value is -1.73. The van der Waals surface area contributed by atoms with Gasteiger partial charge >= 0.3 is 0 Å². The second kappa shape index (κ2) is 4.99. The van der Waals surface area contributed by atoms with E-state index in [-0.39, 0.29) is 10.0 Å². The van der Waals surface area contributed by atoms with E-state index >= 15 is 0 Å². The molecular formula is C12H7ClF2N4S. The summed E-state index contributed by atoms with van der Waals surface area (Å²) in [7, 11) is 0. The quantitative estimate of drug-likeness (QED) is 0.679. The molecule has 0 unspecified atom stereocenters. The van der Waals surface area contributed by atoms with E-state index in [0.717, 1.165) is 17.8 Å². The summed E-state index contributed by atoms with van der Waals surface area (Å²) in [5.74, 6) is -0.941. The smallest absolute Gasteiger partial charge is 0.207 e. The maximum absolute atomic E-state index is 13.7. The predicted molar refractivity (Wildman–Crippen MR) is 71.0 cm³/mol. The molecule has 0 aliphatic rings. The Labute approximate surface area is 121 Å². The van der Waals surface area contributed by atoms with Crippen molar-refractivity contribution in [3.8, 4) is 0 Å². The topological polar surface area (TPSA) is 43.1 Å². The first kappa shape index (κ1) is 13.3. The van der Waals surface area contributed by atoms with Gasteiger partial charge in [0.1, 0.15) is 28.1 Å². The van der Waals surface area contributed by atoms with E-state index in [2.05, 4.69) is 15.1 Å². The lowest BCUT2D eigenvalue weighted by Gasteiger charge is -2.09. The molecule has 2 heterocycles. The highest BCUT2D eigenvalue weighted by Crippen LogP contribution is 2.34. The summed E-state index contributed by atoms with van der Waals surface area (Å²) >= 11 is 7.11. The lowest BCUT2D eigenvalue weighted by atomic mass is 10.3. The van der Waals surface area contributed by atoms with Crippen LogP contribution in [0, 0.1) is 18.6 Å². The van der Waals surface area contributed by atoms with Gasteiger partial charge in [0, 0.05) is 16.5 Å². The second-order valence-electron chi connectivity index (χ2n) is 3.98. The number of rotatable bonds is 2. The Bertz CT molecular complexity index is 805. The van der Waals surface area contributed by atoms with E-state index in [1.165, 1.54) is 23.0 Å². The Kier molecular flexibility index (Phi) is 3.31. The van der Waals surface area contributed by atoms with Crippen molar-refractivity contribution in [2.24, 2.45) is 0 Å². The zero-order valence-electron chi connectivity index (χ0n) is 10.1. The van der Waals surface area contributed by atoms with E-state index in [9.17, 15) is 8.78 Å². The minimum atomic E-state index is -0.643. The highest BCUT2D eigenvalue weighted by atomic mass is 35.5. The molecule has 0 spiro atoms. The first-order valence-electron chi connectivity index (χ1n) is 5.55. The molecule has 3 aromatic rings. The van der Waals surface area contributed by atoms with Crippen LogP contribution in [0.15, 0.2) is 34.4 Å². The fourth-order valence-corrected chi connectivity index (χ4v) is 2.84. The van der Waals surface area contributed by atoms with Gasteiger partial charge in [-0.1, -0.05) is 23.4 Å². The normalized spacial score (nSPS) is 11.2. The Morgan fingerprint density at radius 1 is 1.30 bits per heavy atom. The third kappa shape index (κ3) is 2.23. The zero-order chi connectivity index (χ0) is 14.3. The van der Waals surface area contributed by atoms with Crippen molar-refractivity contribution >= 4 is 29.1 Å². The Morgan fingerprint density at radius 3 is 2.85 bits per heavy atom. The van der Waals surface area contributed by atoms with Crippen molar-refractivity contribution < 1.29 is 8.78 Å². The highest BCUT2D eigenvalue weighted by Gasteiger charge is 2.15. The van der Waals surface area contributed by atoms with Crippen molar-refractivity contribution in [2.45, 2.75) is 16.8 Å². The van der Waals surface area contributed by atoms with Crippen LogP contribution in [0.4, 0.5) is 8.78 Å². The van der Waals surface area contributed by atoms with Crippen LogP contribution in [0.25, 0.3) is 5.78 Å². The van der Waals surface area contributed by atoms with Crippen LogP contribution in [0.3, 0.4) is 0 Å². The Morgan fingerprint density at radius 2 is 2.10 bits per heavy atom. The molecule has 2 aromatic heterocycles. The predicted octanol–water partition coefficient (Wildman–Crippen LogP) is 3.52. The molecule has 0 aliphatic heterocycles. The summed E-state index contributed by atoms with van der Waals surface area (Å²) in [6.07, 6.45) is 1.34. The maximum Gasteiger partial charge on any atom is 0.254 e. The molecule has 0 bridgehead atoms. The van der Waals surface area contributed by atoms with E-state index < -0.39 is 11.6 Å². The molecule has 0 saturated heterocycles. The molecular weight excluding hydrogens is 306 g/mol. The molecule has 0 saturated carbocycles. The van der Waals surface area contributed by atoms with Crippen LogP contribution in [0.1, 0.15) is 5.56 Å². The van der Waals surface area contributed by atoms with Crippen LogP contribution in [0.2, 0.25) is 5.15 Å². The summed E-state index contributed by atoms with van der Waals surface area (Å²) < 4.78 is 28.1. The number of aromatic nitrogens is 4. The van der Waals surface area contributed by atoms with Crippen molar-refractivity contribution in [1.82, 2.24) is 19.6 Å². The first-order valence-corrected chi connectivity index (χ1v) is 6.74. The molecule has 0 radical (unpaired) electrons. The molecule has 4 nitrogen and oxygen atoms in total. The highest BCUT2D eigenvalue weighted by molar-refractivity contribution is 7.99. The van der Waals surface area contributed by atoms with E-state index in [1.54, 1.807) is 6.92 Å². The molecule has 0 fully saturated rings. The van der Waals surface area contributed by atoms with Crippen molar-refractivity contribution in [1.29, 1.82) is 0 Å². The molecule has 0 aliphatic carbocycles. The van der Waals surface area contributed by atoms with Crippen molar-refractivity contribution in [2.75, 3.05) is 0 Å². The molecule has 0 atom stereocenters. The molecule has 8 heteroatoms. The van der Waals surface area contributed by atoms with Crippen LogP contribution in [-0.2, 0) is 0 Å². The largest absolute Gasteiger partial charge is 0.254 e. The average Bonchev–Trinajstić information content (AvgIpc) is 2.85. The van der Waals surface area contributed by atoms with Gasteiger partial charge < -0.3 is 0 Å². The molecule has 0 N–H and O–H groups in total. The van der Waals surface area contributed by atoms with Gasteiger partial charge in [0.25, 0.3) is 5.78 Å². The maximum atomic E-state index is 13.7. The Balaban J connectivity index is 2.14. The number of halogens is 3. The van der Waals surface area contributed by atoms with Crippen molar-refractivity contribution in [3.63, 3.8) is 0 Å². The number of hydrogen-bond donors (Lipinski definition) is 0. The van der Waals surface area contributed by atoms with E-state index in [4.69, 9.17) is 11.6 Å². The fourth-order valence-electron chi connectivity index (χ4n) is 1.66. The van der Waals surface area contributed by atoms with Gasteiger partial charge in [-0.15, -0.1) is 0 Å². The first-order chi connectivity index (χ1) is 9.56. The van der Waals surface area contributed by atoms with E-state index in [1.807, 2.05) is 0 Å². The molecule has 0 amide bonds. The van der Waals surface area contributed by atoms with Gasteiger partial charge in [0.2, 0.25) is 0 Å². The SMILES string of the molecule is Cc1c(Cl)nc2ncnn2c1Sc1ccc(F)cc1F. The summed E-state index contributed by atoms with van der Waals surface area (Å²) in [6.45, 7) is 1.75. The fraction of sp³-hybridized carbons (Fsp3) is 0.0833. The van der Waals surface area contributed by atoms with Crippen LogP contribution in [-0.4, -0.2) is 19.6 Å². The molecule has 102 valence electrons. The minimum absolute atomic E-state index is 0.272. The summed E-state index contributed by atoms with van der Waals surface area (Å²) in [5.41, 5.74) is 0.651. The number of hydrogen-bond acceptors (Lipinski definition) is 4. The van der Waals surface area contributed by atoms with Gasteiger partial charge in [0.15, 0.2) is 0 Å². The zero-order valence-corrected chi connectivity index (χ0v) is 11.7. The summed E-state index contributed by atoms with van der Waals surface area (Å²) in [5, 5.41) is 4.89. The lowest BCUT2D eigenvalue weighted by molar-refractivity contribution is 0.565. The monoisotopic (exact) mass is 312 g/mol. The van der Waals surface area contributed by atoms with Gasteiger partial charge in [-0.25, -0.2) is 8.78 Å². The third-order valence-electron chi connectivity index (χ3n) is 2.65. The molecule has 1 aromatic carbocycles. The van der Waals surface area contributed by atoms with Gasteiger partial charge in [-0.05, 0) is 19.1 Å². The van der Waals surface area contributed by atoms with Crippen molar-refractivity contribution in [3.05, 3.63) is 46.9 Å². The van der Waals surface area contributed by atoms with Crippen LogP contribution < -0.4 is 0 Å². The number of nitrogens with zero attached hydrogens (tertiary/aromatic N) is 4. The van der Waals surface area contributed by atoms with Crippen LogP contribution in [0.5, 0.6) is 0 Å². The molecule has 20 heavy (non-hydrogen) atoms. The standard InChI is InChI=1S/C12H7ClF2N4S/c1-6-10(13)18-12-16-5-17-19(12)11(6)20-9-3-2-7(14)4-8(9)15/h2-5H,1H3.